The molecular formula is C11H16N2O. The first-order valence-electron chi connectivity index (χ1n) is 4.57. The van der Waals surface area contributed by atoms with Crippen LogP contribution < -0.4 is 5.73 Å². The number of carbonyl (C=O) groups excluding carboxylic acids is 1. The highest BCUT2D eigenvalue weighted by Gasteiger charge is 2.05. The minimum Gasteiger partial charge on any atom is -0.351 e. The molecule has 14 heavy (non-hydrogen) atoms. The molecule has 0 aliphatic rings. The summed E-state index contributed by atoms with van der Waals surface area (Å²) in [7, 11) is 1.70. The Hall–Kier alpha value is -1.51. The van der Waals surface area contributed by atoms with Crippen LogP contribution in [-0.2, 0) is 6.54 Å². The topological polar surface area (TPSA) is 46.3 Å². The fourth-order valence-corrected chi connectivity index (χ4v) is 1.36. The van der Waals surface area contributed by atoms with Gasteiger partial charge in [0.2, 0.25) is 0 Å². The van der Waals surface area contributed by atoms with Gasteiger partial charge in [0.05, 0.1) is 0 Å². The summed E-state index contributed by atoms with van der Waals surface area (Å²) in [5.74, 6) is 0. The molecule has 0 aliphatic heterocycles. The Kier molecular flexibility index (Phi) is 3.12. The van der Waals surface area contributed by atoms with Crippen molar-refractivity contribution in [1.82, 2.24) is 4.90 Å². The van der Waals surface area contributed by atoms with Crippen molar-refractivity contribution in [2.24, 2.45) is 5.73 Å². The molecule has 0 bridgehead atoms. The van der Waals surface area contributed by atoms with Gasteiger partial charge in [-0.15, -0.1) is 0 Å². The van der Waals surface area contributed by atoms with E-state index in [0.717, 1.165) is 5.56 Å². The average molecular weight is 192 g/mol. The summed E-state index contributed by atoms with van der Waals surface area (Å²) >= 11 is 0. The number of hydrogen-bond acceptors (Lipinski definition) is 1. The minimum atomic E-state index is -0.398. The molecule has 1 rings (SSSR count). The van der Waals surface area contributed by atoms with Gasteiger partial charge in [0.1, 0.15) is 0 Å². The van der Waals surface area contributed by atoms with Gasteiger partial charge >= 0.3 is 6.03 Å². The Labute approximate surface area is 84.5 Å². The molecule has 1 aromatic carbocycles. The van der Waals surface area contributed by atoms with Crippen LogP contribution >= 0.6 is 0 Å². The second-order valence-electron chi connectivity index (χ2n) is 3.62. The number of rotatable bonds is 2. The van der Waals surface area contributed by atoms with Crippen molar-refractivity contribution in [3.63, 3.8) is 0 Å². The van der Waals surface area contributed by atoms with Gasteiger partial charge in [-0.05, 0) is 25.0 Å². The first-order valence-corrected chi connectivity index (χ1v) is 4.57. The standard InChI is InChI=1S/C11H16N2O/c1-8-4-5-10(9(2)6-8)7-13(3)11(12)14/h4-6H,7H2,1-3H3,(H2,12,14). The molecule has 1 aromatic rings. The predicted octanol–water partition coefficient (Wildman–Crippen LogP) is 1.81. The quantitative estimate of drug-likeness (QED) is 0.763. The monoisotopic (exact) mass is 192 g/mol. The lowest BCUT2D eigenvalue weighted by atomic mass is 10.1. The molecule has 0 unspecified atom stereocenters. The van der Waals surface area contributed by atoms with E-state index in [1.165, 1.54) is 16.0 Å². The third-order valence-corrected chi connectivity index (χ3v) is 2.28. The van der Waals surface area contributed by atoms with Crippen LogP contribution in [0, 0.1) is 13.8 Å². The summed E-state index contributed by atoms with van der Waals surface area (Å²) in [5, 5.41) is 0. The van der Waals surface area contributed by atoms with E-state index >= 15 is 0 Å². The second kappa shape index (κ2) is 4.13. The van der Waals surface area contributed by atoms with Crippen molar-refractivity contribution in [3.05, 3.63) is 34.9 Å². The van der Waals surface area contributed by atoms with Gasteiger partial charge in [0.25, 0.3) is 0 Å². The maximum atomic E-state index is 10.8. The molecule has 3 heteroatoms. The number of aryl methyl sites for hydroxylation is 2. The number of benzene rings is 1. The van der Waals surface area contributed by atoms with Crippen LogP contribution in [0.2, 0.25) is 0 Å². The van der Waals surface area contributed by atoms with Crippen molar-refractivity contribution in [3.8, 4) is 0 Å². The summed E-state index contributed by atoms with van der Waals surface area (Å²) in [6.07, 6.45) is 0. The molecule has 0 spiro atoms. The predicted molar refractivity (Wildman–Crippen MR) is 57.0 cm³/mol. The molecule has 2 amide bonds. The summed E-state index contributed by atoms with van der Waals surface area (Å²) in [4.78, 5) is 12.3. The maximum Gasteiger partial charge on any atom is 0.314 e. The summed E-state index contributed by atoms with van der Waals surface area (Å²) < 4.78 is 0. The molecule has 76 valence electrons. The Morgan fingerprint density at radius 1 is 1.43 bits per heavy atom. The van der Waals surface area contributed by atoms with Gasteiger partial charge in [-0.25, -0.2) is 4.79 Å². The lowest BCUT2D eigenvalue weighted by molar-refractivity contribution is 0.216. The van der Waals surface area contributed by atoms with Gasteiger partial charge in [-0.2, -0.15) is 0 Å². The molecule has 0 aromatic heterocycles. The van der Waals surface area contributed by atoms with E-state index in [9.17, 15) is 4.79 Å². The Morgan fingerprint density at radius 2 is 2.07 bits per heavy atom. The van der Waals surface area contributed by atoms with Crippen molar-refractivity contribution in [1.29, 1.82) is 0 Å². The SMILES string of the molecule is Cc1ccc(CN(C)C(N)=O)c(C)c1. The van der Waals surface area contributed by atoms with Crippen LogP contribution in [-0.4, -0.2) is 18.0 Å². The highest BCUT2D eigenvalue weighted by Crippen LogP contribution is 2.12. The zero-order chi connectivity index (χ0) is 10.7. The van der Waals surface area contributed by atoms with Gasteiger partial charge in [-0.1, -0.05) is 23.8 Å². The number of primary amides is 1. The van der Waals surface area contributed by atoms with Gasteiger partial charge in [-0.3, -0.25) is 0 Å². The highest BCUT2D eigenvalue weighted by molar-refractivity contribution is 5.71. The smallest absolute Gasteiger partial charge is 0.314 e. The normalized spacial score (nSPS) is 9.93. The number of urea groups is 1. The van der Waals surface area contributed by atoms with E-state index in [1.807, 2.05) is 19.1 Å². The van der Waals surface area contributed by atoms with E-state index in [-0.39, 0.29) is 0 Å². The zero-order valence-electron chi connectivity index (χ0n) is 8.87. The summed E-state index contributed by atoms with van der Waals surface area (Å²) in [6.45, 7) is 4.66. The fourth-order valence-electron chi connectivity index (χ4n) is 1.36. The second-order valence-corrected chi connectivity index (χ2v) is 3.62. The minimum absolute atomic E-state index is 0.398. The summed E-state index contributed by atoms with van der Waals surface area (Å²) in [6, 6.07) is 5.77. The van der Waals surface area contributed by atoms with Gasteiger partial charge in [0.15, 0.2) is 0 Å². The maximum absolute atomic E-state index is 10.8. The molecular weight excluding hydrogens is 176 g/mol. The number of nitrogens with two attached hydrogens (primary N) is 1. The lowest BCUT2D eigenvalue weighted by Crippen LogP contribution is -2.31. The van der Waals surface area contributed by atoms with E-state index in [2.05, 4.69) is 13.0 Å². The van der Waals surface area contributed by atoms with E-state index in [4.69, 9.17) is 5.73 Å². The molecule has 0 radical (unpaired) electrons. The van der Waals surface area contributed by atoms with Crippen LogP contribution in [0.5, 0.6) is 0 Å². The molecule has 0 saturated carbocycles. The Balaban J connectivity index is 2.82. The summed E-state index contributed by atoms with van der Waals surface area (Å²) in [5.41, 5.74) is 8.71. The lowest BCUT2D eigenvalue weighted by Gasteiger charge is -2.15. The van der Waals surface area contributed by atoms with Crippen molar-refractivity contribution < 1.29 is 4.79 Å². The van der Waals surface area contributed by atoms with E-state index in [1.54, 1.807) is 7.05 Å². The van der Waals surface area contributed by atoms with Crippen LogP contribution in [0.4, 0.5) is 4.79 Å². The Bertz CT molecular complexity index is 347. The van der Waals surface area contributed by atoms with Crippen molar-refractivity contribution in [2.75, 3.05) is 7.05 Å². The molecule has 3 nitrogen and oxygen atoms in total. The van der Waals surface area contributed by atoms with E-state index in [0.29, 0.717) is 6.54 Å². The number of hydrogen-bond donors (Lipinski definition) is 1. The molecule has 0 heterocycles. The third kappa shape index (κ3) is 2.49. The first kappa shape index (κ1) is 10.6. The third-order valence-electron chi connectivity index (χ3n) is 2.28. The van der Waals surface area contributed by atoms with Gasteiger partial charge < -0.3 is 10.6 Å². The molecule has 0 aliphatic carbocycles. The largest absolute Gasteiger partial charge is 0.351 e. The molecule has 0 atom stereocenters. The molecule has 2 N–H and O–H groups in total. The van der Waals surface area contributed by atoms with Crippen LogP contribution in [0.25, 0.3) is 0 Å². The van der Waals surface area contributed by atoms with Crippen molar-refractivity contribution in [2.45, 2.75) is 20.4 Å². The average Bonchev–Trinajstić information content (AvgIpc) is 2.09. The zero-order valence-corrected chi connectivity index (χ0v) is 8.87. The van der Waals surface area contributed by atoms with Crippen molar-refractivity contribution >= 4 is 6.03 Å². The molecule has 0 fully saturated rings. The first-order chi connectivity index (χ1) is 6.50. The number of carbonyl (C=O) groups is 1. The number of amides is 2. The molecule has 0 saturated heterocycles. The van der Waals surface area contributed by atoms with E-state index < -0.39 is 6.03 Å². The van der Waals surface area contributed by atoms with Gasteiger partial charge in [0, 0.05) is 13.6 Å². The fraction of sp³-hybridized carbons (Fsp3) is 0.364. The number of nitrogens with zero attached hydrogens (tertiary/aromatic N) is 1. The van der Waals surface area contributed by atoms with Crippen LogP contribution in [0.15, 0.2) is 18.2 Å². The highest BCUT2D eigenvalue weighted by atomic mass is 16.2. The Morgan fingerprint density at radius 3 is 2.57 bits per heavy atom. The van der Waals surface area contributed by atoms with Crippen LogP contribution in [0.3, 0.4) is 0 Å². The van der Waals surface area contributed by atoms with Crippen LogP contribution in [0.1, 0.15) is 16.7 Å².